The van der Waals surface area contributed by atoms with Gasteiger partial charge in [-0.1, -0.05) is 36.4 Å². The predicted molar refractivity (Wildman–Crippen MR) is 113 cm³/mol. The van der Waals surface area contributed by atoms with Crippen LogP contribution in [0.5, 0.6) is 0 Å². The zero-order chi connectivity index (χ0) is 20.8. The van der Waals surface area contributed by atoms with Gasteiger partial charge in [0.2, 0.25) is 23.6 Å². The number of hydrogen-bond donors (Lipinski definition) is 1. The fraction of sp³-hybridized carbons (Fsp3) is 0.304. The Morgan fingerprint density at radius 2 is 1.80 bits per heavy atom. The van der Waals surface area contributed by atoms with Crippen molar-refractivity contribution in [3.63, 3.8) is 0 Å². The molecule has 30 heavy (non-hydrogen) atoms. The lowest BCUT2D eigenvalue weighted by Crippen LogP contribution is -2.37. The summed E-state index contributed by atoms with van der Waals surface area (Å²) in [4.78, 5) is 26.6. The molecule has 0 aliphatic carbocycles. The molecule has 0 atom stereocenters. The summed E-state index contributed by atoms with van der Waals surface area (Å²) in [6.45, 7) is 1.04. The Balaban J connectivity index is 1.21. The van der Waals surface area contributed by atoms with Crippen molar-refractivity contribution >= 4 is 17.5 Å². The Bertz CT molecular complexity index is 1020. The Morgan fingerprint density at radius 1 is 1.00 bits per heavy atom. The molecule has 0 radical (unpaired) electrons. The highest BCUT2D eigenvalue weighted by Crippen LogP contribution is 2.27. The molecule has 1 aliphatic heterocycles. The van der Waals surface area contributed by atoms with Crippen LogP contribution < -0.4 is 10.2 Å². The smallest absolute Gasteiger partial charge is 0.247 e. The highest BCUT2D eigenvalue weighted by atomic mass is 16.4. The molecule has 4 rings (SSSR count). The molecule has 7 heteroatoms. The van der Waals surface area contributed by atoms with Gasteiger partial charge in [0.1, 0.15) is 0 Å². The van der Waals surface area contributed by atoms with Crippen LogP contribution >= 0.6 is 0 Å². The summed E-state index contributed by atoms with van der Waals surface area (Å²) in [6, 6.07) is 17.5. The van der Waals surface area contributed by atoms with Gasteiger partial charge in [0.05, 0.1) is 0 Å². The molecule has 1 aliphatic rings. The second-order valence-electron chi connectivity index (χ2n) is 7.24. The summed E-state index contributed by atoms with van der Waals surface area (Å²) in [7, 11) is 0. The molecule has 2 heterocycles. The quantitative estimate of drug-likeness (QED) is 0.654. The number of nitrogens with one attached hydrogen (secondary N) is 1. The van der Waals surface area contributed by atoms with Gasteiger partial charge in [0.15, 0.2) is 0 Å². The highest BCUT2D eigenvalue weighted by molar-refractivity contribution is 5.94. The van der Waals surface area contributed by atoms with E-state index in [0.717, 1.165) is 30.6 Å². The van der Waals surface area contributed by atoms with Gasteiger partial charge < -0.3 is 14.6 Å². The summed E-state index contributed by atoms with van der Waals surface area (Å²) in [5.74, 6) is 0.761. The first-order chi connectivity index (χ1) is 14.7. The second-order valence-corrected chi connectivity index (χ2v) is 7.24. The van der Waals surface area contributed by atoms with Crippen LogP contribution in [0.1, 0.15) is 30.7 Å². The van der Waals surface area contributed by atoms with E-state index < -0.39 is 0 Å². The van der Waals surface area contributed by atoms with Gasteiger partial charge in [-0.2, -0.15) is 0 Å². The van der Waals surface area contributed by atoms with Gasteiger partial charge in [-0.25, -0.2) is 0 Å². The van der Waals surface area contributed by atoms with E-state index in [2.05, 4.69) is 21.6 Å². The summed E-state index contributed by atoms with van der Waals surface area (Å²) < 4.78 is 5.61. The summed E-state index contributed by atoms with van der Waals surface area (Å²) in [5.41, 5.74) is 3.04. The molecular formula is C23H24N4O3. The number of benzene rings is 2. The zero-order valence-electron chi connectivity index (χ0n) is 16.7. The topological polar surface area (TPSA) is 88.3 Å². The molecule has 0 saturated heterocycles. The number of carbonyl (C=O) groups excluding carboxylic acids is 2. The monoisotopic (exact) mass is 404 g/mol. The molecule has 0 saturated carbocycles. The number of hydrogen-bond acceptors (Lipinski definition) is 5. The van der Waals surface area contributed by atoms with E-state index in [1.807, 2.05) is 53.4 Å². The van der Waals surface area contributed by atoms with E-state index >= 15 is 0 Å². The van der Waals surface area contributed by atoms with Crippen molar-refractivity contribution < 1.29 is 14.0 Å². The Hall–Kier alpha value is -3.48. The van der Waals surface area contributed by atoms with Crippen LogP contribution in [-0.4, -0.2) is 35.1 Å². The standard InChI is InChI=1S/C23H24N4O3/c28-20(12-13-21-25-26-23(30-21)18-8-2-1-3-9-18)24-15-14-22(29)27-16-6-10-17-7-4-5-11-19(17)27/h1-5,7-9,11H,6,10,12-16H2,(H,24,28). The number of nitrogens with zero attached hydrogens (tertiary/aromatic N) is 3. The van der Waals surface area contributed by atoms with E-state index in [1.54, 1.807) is 0 Å². The predicted octanol–water partition coefficient (Wildman–Crippen LogP) is 3.15. The minimum absolute atomic E-state index is 0.0341. The largest absolute Gasteiger partial charge is 0.421 e. The first-order valence-electron chi connectivity index (χ1n) is 10.2. The zero-order valence-corrected chi connectivity index (χ0v) is 16.7. The van der Waals surface area contributed by atoms with Crippen molar-refractivity contribution in [3.05, 3.63) is 66.1 Å². The molecule has 2 amide bonds. The van der Waals surface area contributed by atoms with Gasteiger partial charge in [0, 0.05) is 43.6 Å². The number of aryl methyl sites for hydroxylation is 2. The molecule has 1 aromatic heterocycles. The van der Waals surface area contributed by atoms with Gasteiger partial charge in [-0.05, 0) is 36.6 Å². The van der Waals surface area contributed by atoms with Gasteiger partial charge >= 0.3 is 0 Å². The first kappa shape index (κ1) is 19.8. The first-order valence-corrected chi connectivity index (χ1v) is 10.2. The SMILES string of the molecule is O=C(CCc1nnc(-c2ccccc2)o1)NCCC(=O)N1CCCc2ccccc21. The van der Waals surface area contributed by atoms with Crippen LogP contribution in [0.4, 0.5) is 5.69 Å². The normalized spacial score (nSPS) is 13.0. The Kier molecular flexibility index (Phi) is 6.17. The number of carbonyl (C=O) groups is 2. The Labute approximate surface area is 175 Å². The summed E-state index contributed by atoms with van der Waals surface area (Å²) in [5, 5.41) is 10.8. The molecule has 0 fully saturated rings. The van der Waals surface area contributed by atoms with E-state index in [-0.39, 0.29) is 24.7 Å². The van der Waals surface area contributed by atoms with Crippen LogP contribution in [0, 0.1) is 0 Å². The fourth-order valence-corrected chi connectivity index (χ4v) is 3.60. The number of para-hydroxylation sites is 1. The van der Waals surface area contributed by atoms with E-state index in [9.17, 15) is 9.59 Å². The number of amides is 2. The fourth-order valence-electron chi connectivity index (χ4n) is 3.60. The van der Waals surface area contributed by atoms with Crippen LogP contribution in [0.15, 0.2) is 59.0 Å². The maximum absolute atomic E-state index is 12.6. The minimum Gasteiger partial charge on any atom is -0.421 e. The highest BCUT2D eigenvalue weighted by Gasteiger charge is 2.21. The average molecular weight is 404 g/mol. The molecule has 0 bridgehead atoms. The number of fused-ring (bicyclic) bond motifs is 1. The van der Waals surface area contributed by atoms with Gasteiger partial charge in [-0.3, -0.25) is 9.59 Å². The molecule has 7 nitrogen and oxygen atoms in total. The van der Waals surface area contributed by atoms with E-state index in [4.69, 9.17) is 4.42 Å². The maximum atomic E-state index is 12.6. The van der Waals surface area contributed by atoms with Crippen molar-refractivity contribution in [2.75, 3.05) is 18.0 Å². The number of rotatable bonds is 7. The molecule has 1 N–H and O–H groups in total. The molecule has 3 aromatic rings. The van der Waals surface area contributed by atoms with Crippen LogP contribution in [0.3, 0.4) is 0 Å². The summed E-state index contributed by atoms with van der Waals surface area (Å²) in [6.07, 6.45) is 2.83. The second kappa shape index (κ2) is 9.35. The van der Waals surface area contributed by atoms with Gasteiger partial charge in [-0.15, -0.1) is 10.2 Å². The number of aromatic nitrogens is 2. The lowest BCUT2D eigenvalue weighted by atomic mass is 10.0. The van der Waals surface area contributed by atoms with Crippen molar-refractivity contribution in [1.29, 1.82) is 0 Å². The van der Waals surface area contributed by atoms with Crippen molar-refractivity contribution in [2.45, 2.75) is 32.1 Å². The molecule has 0 unspecified atom stereocenters. The van der Waals surface area contributed by atoms with Crippen molar-refractivity contribution in [3.8, 4) is 11.5 Å². The maximum Gasteiger partial charge on any atom is 0.247 e. The number of anilines is 1. The molecule has 0 spiro atoms. The van der Waals surface area contributed by atoms with Gasteiger partial charge in [0.25, 0.3) is 0 Å². The third-order valence-electron chi connectivity index (χ3n) is 5.13. The lowest BCUT2D eigenvalue weighted by molar-refractivity contribution is -0.121. The van der Waals surface area contributed by atoms with E-state index in [1.165, 1.54) is 5.56 Å². The average Bonchev–Trinajstić information content (AvgIpc) is 3.27. The van der Waals surface area contributed by atoms with Crippen molar-refractivity contribution in [1.82, 2.24) is 15.5 Å². The third kappa shape index (κ3) is 4.74. The molecular weight excluding hydrogens is 380 g/mol. The van der Waals surface area contributed by atoms with Crippen LogP contribution in [0.2, 0.25) is 0 Å². The van der Waals surface area contributed by atoms with Crippen LogP contribution in [-0.2, 0) is 22.4 Å². The van der Waals surface area contributed by atoms with E-state index in [0.29, 0.717) is 24.7 Å². The third-order valence-corrected chi connectivity index (χ3v) is 5.13. The molecule has 2 aromatic carbocycles. The lowest BCUT2D eigenvalue weighted by Gasteiger charge is -2.29. The minimum atomic E-state index is -0.138. The van der Waals surface area contributed by atoms with Crippen LogP contribution in [0.25, 0.3) is 11.5 Å². The molecule has 154 valence electrons. The Morgan fingerprint density at radius 3 is 2.67 bits per heavy atom. The van der Waals surface area contributed by atoms with Crippen molar-refractivity contribution in [2.24, 2.45) is 0 Å². The summed E-state index contributed by atoms with van der Waals surface area (Å²) >= 11 is 0.